The fraction of sp³-hybridized carbons (Fsp3) is 0.231. The number of nitro groups is 1. The van der Waals surface area contributed by atoms with Crippen molar-refractivity contribution >= 4 is 22.7 Å². The molecule has 6 heteroatoms. The second-order valence-electron chi connectivity index (χ2n) is 4.08. The highest BCUT2D eigenvalue weighted by Gasteiger charge is 2.18. The first-order valence-electron chi connectivity index (χ1n) is 5.89. The van der Waals surface area contributed by atoms with E-state index in [0.717, 1.165) is 17.4 Å². The fourth-order valence-electron chi connectivity index (χ4n) is 1.84. The van der Waals surface area contributed by atoms with Crippen molar-refractivity contribution in [1.29, 1.82) is 0 Å². The zero-order chi connectivity index (χ0) is 13.8. The van der Waals surface area contributed by atoms with Crippen LogP contribution < -0.4 is 5.32 Å². The maximum absolute atomic E-state index is 11.0. The van der Waals surface area contributed by atoms with Gasteiger partial charge in [0.05, 0.1) is 17.0 Å². The zero-order valence-corrected chi connectivity index (χ0v) is 11.2. The van der Waals surface area contributed by atoms with Crippen molar-refractivity contribution in [2.45, 2.75) is 19.4 Å². The molecule has 0 saturated carbocycles. The minimum absolute atomic E-state index is 0.0308. The standard InChI is InChI=1S/C13H14N2O3S/c1-2-10(13-4-3-7-19-13)14-11-6-5-9(16)8-12(11)15(17)18/h3-8,10,14,16H,2H2,1H3. The molecular formula is C13H14N2O3S. The highest BCUT2D eigenvalue weighted by atomic mass is 32.1. The Bertz CT molecular complexity index is 569. The number of aromatic hydroxyl groups is 1. The average molecular weight is 278 g/mol. The maximum atomic E-state index is 11.0. The maximum Gasteiger partial charge on any atom is 0.296 e. The Morgan fingerprint density at radius 2 is 2.26 bits per heavy atom. The van der Waals surface area contributed by atoms with Gasteiger partial charge in [0.15, 0.2) is 0 Å². The fourth-order valence-corrected chi connectivity index (χ4v) is 2.71. The number of benzene rings is 1. The van der Waals surface area contributed by atoms with Crippen LogP contribution >= 0.6 is 11.3 Å². The van der Waals surface area contributed by atoms with Gasteiger partial charge in [-0.3, -0.25) is 10.1 Å². The lowest BCUT2D eigenvalue weighted by atomic mass is 10.1. The van der Waals surface area contributed by atoms with Gasteiger partial charge >= 0.3 is 0 Å². The van der Waals surface area contributed by atoms with E-state index >= 15 is 0 Å². The van der Waals surface area contributed by atoms with E-state index in [1.54, 1.807) is 11.3 Å². The number of nitrogens with one attached hydrogen (secondary N) is 1. The van der Waals surface area contributed by atoms with Gasteiger partial charge in [-0.2, -0.15) is 0 Å². The number of thiophene rings is 1. The van der Waals surface area contributed by atoms with Crippen LogP contribution in [0.1, 0.15) is 24.3 Å². The van der Waals surface area contributed by atoms with Gasteiger partial charge in [0, 0.05) is 4.88 Å². The molecule has 0 amide bonds. The molecule has 0 bridgehead atoms. The van der Waals surface area contributed by atoms with Crippen LogP contribution in [0.2, 0.25) is 0 Å². The molecule has 1 aromatic carbocycles. The summed E-state index contributed by atoms with van der Waals surface area (Å²) in [6, 6.07) is 8.11. The van der Waals surface area contributed by atoms with Crippen LogP contribution in [-0.2, 0) is 0 Å². The smallest absolute Gasteiger partial charge is 0.296 e. The van der Waals surface area contributed by atoms with Gasteiger partial charge in [0.2, 0.25) is 0 Å². The van der Waals surface area contributed by atoms with Crippen LogP contribution in [0.25, 0.3) is 0 Å². The molecule has 0 aliphatic rings. The molecule has 1 atom stereocenters. The summed E-state index contributed by atoms with van der Waals surface area (Å²) in [6.45, 7) is 2.02. The lowest BCUT2D eigenvalue weighted by molar-refractivity contribution is -0.384. The number of phenolic OH excluding ortho intramolecular Hbond substituents is 1. The third-order valence-electron chi connectivity index (χ3n) is 2.80. The predicted octanol–water partition coefficient (Wildman–Crippen LogP) is 3.93. The Kier molecular flexibility index (Phi) is 4.01. The highest BCUT2D eigenvalue weighted by molar-refractivity contribution is 7.10. The Hall–Kier alpha value is -2.08. The van der Waals surface area contributed by atoms with Gasteiger partial charge in [-0.05, 0) is 30.0 Å². The molecule has 0 fully saturated rings. The third kappa shape index (κ3) is 3.03. The average Bonchev–Trinajstić information content (AvgIpc) is 2.90. The van der Waals surface area contributed by atoms with Crippen molar-refractivity contribution in [2.75, 3.05) is 5.32 Å². The minimum Gasteiger partial charge on any atom is -0.508 e. The van der Waals surface area contributed by atoms with E-state index in [1.807, 2.05) is 24.4 Å². The number of rotatable bonds is 5. The molecule has 19 heavy (non-hydrogen) atoms. The SMILES string of the molecule is CCC(Nc1ccc(O)cc1[N+](=O)[O-])c1cccs1. The Balaban J connectivity index is 2.29. The molecule has 2 rings (SSSR count). The third-order valence-corrected chi connectivity index (χ3v) is 3.79. The molecule has 0 saturated heterocycles. The quantitative estimate of drug-likeness (QED) is 0.493. The molecule has 2 N–H and O–H groups in total. The van der Waals surface area contributed by atoms with Crippen LogP contribution in [-0.4, -0.2) is 10.0 Å². The van der Waals surface area contributed by atoms with Crippen molar-refractivity contribution in [3.63, 3.8) is 0 Å². The first-order chi connectivity index (χ1) is 9.11. The Labute approximate surface area is 114 Å². The number of phenols is 1. The molecule has 1 aromatic heterocycles. The molecule has 5 nitrogen and oxygen atoms in total. The Morgan fingerprint density at radius 3 is 2.84 bits per heavy atom. The molecule has 0 radical (unpaired) electrons. The number of nitrogens with zero attached hydrogens (tertiary/aromatic N) is 1. The topological polar surface area (TPSA) is 75.4 Å². The summed E-state index contributed by atoms with van der Waals surface area (Å²) in [7, 11) is 0. The van der Waals surface area contributed by atoms with E-state index in [9.17, 15) is 15.2 Å². The molecule has 1 unspecified atom stereocenters. The van der Waals surface area contributed by atoms with Gasteiger partial charge in [0.25, 0.3) is 5.69 Å². The number of nitro benzene ring substituents is 1. The second-order valence-corrected chi connectivity index (χ2v) is 5.06. The second kappa shape index (κ2) is 5.71. The van der Waals surface area contributed by atoms with Crippen molar-refractivity contribution in [3.05, 3.63) is 50.7 Å². The van der Waals surface area contributed by atoms with Crippen molar-refractivity contribution in [3.8, 4) is 5.75 Å². The summed E-state index contributed by atoms with van der Waals surface area (Å²) < 4.78 is 0. The molecular weight excluding hydrogens is 264 g/mol. The monoisotopic (exact) mass is 278 g/mol. The van der Waals surface area contributed by atoms with Crippen LogP contribution in [0.3, 0.4) is 0 Å². The van der Waals surface area contributed by atoms with Gasteiger partial charge in [-0.25, -0.2) is 0 Å². The van der Waals surface area contributed by atoms with Gasteiger partial charge in [-0.15, -0.1) is 11.3 Å². The van der Waals surface area contributed by atoms with E-state index in [0.29, 0.717) is 5.69 Å². The predicted molar refractivity (Wildman–Crippen MR) is 75.7 cm³/mol. The van der Waals surface area contributed by atoms with Crippen molar-refractivity contribution in [2.24, 2.45) is 0 Å². The number of anilines is 1. The van der Waals surface area contributed by atoms with Crippen LogP contribution in [0.5, 0.6) is 5.75 Å². The van der Waals surface area contributed by atoms with E-state index in [-0.39, 0.29) is 17.5 Å². The summed E-state index contributed by atoms with van der Waals surface area (Å²) in [4.78, 5) is 11.6. The van der Waals surface area contributed by atoms with Gasteiger partial charge < -0.3 is 10.4 Å². The summed E-state index contributed by atoms with van der Waals surface area (Å²) in [5, 5.41) is 25.5. The van der Waals surface area contributed by atoms with Crippen molar-refractivity contribution < 1.29 is 10.0 Å². The molecule has 2 aromatic rings. The molecule has 0 aliphatic carbocycles. The zero-order valence-electron chi connectivity index (χ0n) is 10.4. The van der Waals surface area contributed by atoms with E-state index in [1.165, 1.54) is 12.1 Å². The molecule has 1 heterocycles. The van der Waals surface area contributed by atoms with Gasteiger partial charge in [0.1, 0.15) is 11.4 Å². The summed E-state index contributed by atoms with van der Waals surface area (Å²) in [5.74, 6) is -0.110. The van der Waals surface area contributed by atoms with E-state index < -0.39 is 4.92 Å². The summed E-state index contributed by atoms with van der Waals surface area (Å²) in [5.41, 5.74) is 0.304. The largest absolute Gasteiger partial charge is 0.508 e. The summed E-state index contributed by atoms with van der Waals surface area (Å²) >= 11 is 1.61. The van der Waals surface area contributed by atoms with E-state index in [2.05, 4.69) is 5.32 Å². The van der Waals surface area contributed by atoms with Crippen LogP contribution in [0.4, 0.5) is 11.4 Å². The lowest BCUT2D eigenvalue weighted by Gasteiger charge is -2.16. The molecule has 0 aliphatic heterocycles. The van der Waals surface area contributed by atoms with Crippen LogP contribution in [0, 0.1) is 10.1 Å². The first kappa shape index (κ1) is 13.4. The van der Waals surface area contributed by atoms with Crippen molar-refractivity contribution in [1.82, 2.24) is 0 Å². The van der Waals surface area contributed by atoms with E-state index in [4.69, 9.17) is 0 Å². The molecule has 0 spiro atoms. The van der Waals surface area contributed by atoms with Gasteiger partial charge in [-0.1, -0.05) is 13.0 Å². The normalized spacial score (nSPS) is 12.1. The van der Waals surface area contributed by atoms with Crippen LogP contribution in [0.15, 0.2) is 35.7 Å². The molecule has 100 valence electrons. The Morgan fingerprint density at radius 1 is 1.47 bits per heavy atom. The highest BCUT2D eigenvalue weighted by Crippen LogP contribution is 2.33. The summed E-state index contributed by atoms with van der Waals surface area (Å²) in [6.07, 6.45) is 0.818. The number of hydrogen-bond donors (Lipinski definition) is 2. The first-order valence-corrected chi connectivity index (χ1v) is 6.77. The number of hydrogen-bond acceptors (Lipinski definition) is 5. The minimum atomic E-state index is -0.497. The lowest BCUT2D eigenvalue weighted by Crippen LogP contribution is -2.09.